The highest BCUT2D eigenvalue weighted by Gasteiger charge is 2.13. The number of thiophene rings is 1. The van der Waals surface area contributed by atoms with Crippen LogP contribution in [0.1, 0.15) is 34.6 Å². The minimum Gasteiger partial charge on any atom is -0.376 e. The van der Waals surface area contributed by atoms with E-state index in [2.05, 4.69) is 18.3 Å². The predicted octanol–water partition coefficient (Wildman–Crippen LogP) is 4.06. The van der Waals surface area contributed by atoms with Gasteiger partial charge in [-0.15, -0.1) is 11.3 Å². The van der Waals surface area contributed by atoms with Crippen LogP contribution in [0, 0.1) is 0 Å². The fourth-order valence-corrected chi connectivity index (χ4v) is 2.87. The zero-order valence-corrected chi connectivity index (χ0v) is 12.1. The van der Waals surface area contributed by atoms with E-state index in [1.165, 1.54) is 4.88 Å². The minimum absolute atomic E-state index is 0.181. The second-order valence-electron chi connectivity index (χ2n) is 4.18. The Balaban J connectivity index is 2.26. The van der Waals surface area contributed by atoms with E-state index in [0.717, 1.165) is 12.1 Å². The topological polar surface area (TPSA) is 55.1 Å². The van der Waals surface area contributed by atoms with Gasteiger partial charge >= 0.3 is 0 Å². The Morgan fingerprint density at radius 3 is 2.84 bits per heavy atom. The van der Waals surface area contributed by atoms with Crippen molar-refractivity contribution >= 4 is 34.5 Å². The lowest BCUT2D eigenvalue weighted by molar-refractivity contribution is 0.100. The molecule has 0 aliphatic heterocycles. The molecule has 0 spiro atoms. The van der Waals surface area contributed by atoms with Crippen LogP contribution >= 0.6 is 22.9 Å². The van der Waals surface area contributed by atoms with E-state index in [1.54, 1.807) is 29.5 Å². The van der Waals surface area contributed by atoms with Crippen LogP contribution in [0.4, 0.5) is 5.69 Å². The zero-order valence-electron chi connectivity index (χ0n) is 10.5. The van der Waals surface area contributed by atoms with Crippen LogP contribution < -0.4 is 11.1 Å². The number of hydrogen-bond donors (Lipinski definition) is 2. The zero-order chi connectivity index (χ0) is 13.8. The largest absolute Gasteiger partial charge is 0.376 e. The molecule has 1 amide bonds. The number of carbonyl (C=O) groups excluding carboxylic acids is 1. The Kier molecular flexibility index (Phi) is 4.45. The van der Waals surface area contributed by atoms with Crippen LogP contribution in [0.2, 0.25) is 5.02 Å². The summed E-state index contributed by atoms with van der Waals surface area (Å²) in [5, 5.41) is 5.99. The molecule has 1 aromatic heterocycles. The van der Waals surface area contributed by atoms with Crippen molar-refractivity contribution in [3.63, 3.8) is 0 Å². The maximum atomic E-state index is 11.2. The maximum Gasteiger partial charge on any atom is 0.248 e. The molecule has 0 aliphatic rings. The average molecular weight is 295 g/mol. The molecule has 3 nitrogen and oxygen atoms in total. The average Bonchev–Trinajstić information content (AvgIpc) is 2.91. The first kappa shape index (κ1) is 13.9. The second kappa shape index (κ2) is 6.08. The molecular formula is C14H15ClN2OS. The summed E-state index contributed by atoms with van der Waals surface area (Å²) in [6.45, 7) is 2.10. The summed E-state index contributed by atoms with van der Waals surface area (Å²) in [5.41, 5.74) is 6.47. The maximum absolute atomic E-state index is 11.2. The second-order valence-corrected chi connectivity index (χ2v) is 5.57. The summed E-state index contributed by atoms with van der Waals surface area (Å²) in [4.78, 5) is 12.4. The highest BCUT2D eigenvalue weighted by molar-refractivity contribution is 7.10. The number of anilines is 1. The highest BCUT2D eigenvalue weighted by atomic mass is 35.5. The number of benzene rings is 1. The molecule has 0 aliphatic carbocycles. The molecule has 0 radical (unpaired) electrons. The number of primary amides is 1. The monoisotopic (exact) mass is 294 g/mol. The van der Waals surface area contributed by atoms with Crippen molar-refractivity contribution in [1.29, 1.82) is 0 Å². The fraction of sp³-hybridized carbons (Fsp3) is 0.214. The van der Waals surface area contributed by atoms with Gasteiger partial charge in [0.2, 0.25) is 5.91 Å². The van der Waals surface area contributed by atoms with Gasteiger partial charge in [-0.1, -0.05) is 24.6 Å². The smallest absolute Gasteiger partial charge is 0.248 e. The van der Waals surface area contributed by atoms with E-state index >= 15 is 0 Å². The third-order valence-corrected chi connectivity index (χ3v) is 4.19. The molecule has 0 saturated carbocycles. The van der Waals surface area contributed by atoms with Crippen LogP contribution in [0.15, 0.2) is 35.7 Å². The molecule has 2 aromatic rings. The third-order valence-electron chi connectivity index (χ3n) is 2.88. The van der Waals surface area contributed by atoms with Crippen molar-refractivity contribution in [3.05, 3.63) is 51.2 Å². The summed E-state index contributed by atoms with van der Waals surface area (Å²) in [7, 11) is 0. The Labute approximate surface area is 121 Å². The molecule has 1 heterocycles. The van der Waals surface area contributed by atoms with Crippen LogP contribution in [0.25, 0.3) is 0 Å². The Morgan fingerprint density at radius 2 is 2.26 bits per heavy atom. The Bertz CT molecular complexity index is 569. The normalized spacial score (nSPS) is 12.1. The highest BCUT2D eigenvalue weighted by Crippen LogP contribution is 2.30. The molecule has 3 N–H and O–H groups in total. The molecule has 2 rings (SSSR count). The van der Waals surface area contributed by atoms with Crippen molar-refractivity contribution < 1.29 is 4.79 Å². The van der Waals surface area contributed by atoms with Gasteiger partial charge in [-0.2, -0.15) is 0 Å². The number of nitrogens with one attached hydrogen (secondary N) is 1. The third kappa shape index (κ3) is 3.28. The van der Waals surface area contributed by atoms with Gasteiger partial charge in [0, 0.05) is 10.4 Å². The van der Waals surface area contributed by atoms with Crippen molar-refractivity contribution in [2.24, 2.45) is 5.73 Å². The van der Waals surface area contributed by atoms with Crippen molar-refractivity contribution in [2.45, 2.75) is 19.4 Å². The number of hydrogen-bond acceptors (Lipinski definition) is 3. The summed E-state index contributed by atoms with van der Waals surface area (Å²) in [5.74, 6) is -0.455. The lowest BCUT2D eigenvalue weighted by Crippen LogP contribution is -2.13. The van der Waals surface area contributed by atoms with E-state index in [0.29, 0.717) is 10.6 Å². The van der Waals surface area contributed by atoms with E-state index in [1.807, 2.05) is 11.4 Å². The lowest BCUT2D eigenvalue weighted by atomic mass is 10.1. The molecule has 100 valence electrons. The van der Waals surface area contributed by atoms with Crippen molar-refractivity contribution in [2.75, 3.05) is 5.32 Å². The molecule has 1 aromatic carbocycles. The number of rotatable bonds is 5. The van der Waals surface area contributed by atoms with Gasteiger partial charge < -0.3 is 11.1 Å². The molecular weight excluding hydrogens is 280 g/mol. The van der Waals surface area contributed by atoms with Crippen molar-refractivity contribution in [3.8, 4) is 0 Å². The van der Waals surface area contributed by atoms with E-state index in [4.69, 9.17) is 17.3 Å². The fourth-order valence-electron chi connectivity index (χ4n) is 1.84. The predicted molar refractivity (Wildman–Crippen MR) is 80.9 cm³/mol. The molecule has 0 bridgehead atoms. The van der Waals surface area contributed by atoms with Crippen LogP contribution in [-0.4, -0.2) is 5.91 Å². The Hall–Kier alpha value is -1.52. The number of halogens is 1. The summed E-state index contributed by atoms with van der Waals surface area (Å²) in [6, 6.07) is 9.29. The summed E-state index contributed by atoms with van der Waals surface area (Å²) >= 11 is 7.85. The van der Waals surface area contributed by atoms with Gasteiger partial charge in [-0.05, 0) is 36.1 Å². The van der Waals surface area contributed by atoms with E-state index in [-0.39, 0.29) is 6.04 Å². The van der Waals surface area contributed by atoms with Gasteiger partial charge in [-0.25, -0.2) is 0 Å². The standard InChI is InChI=1S/C14H15ClN2OS/c1-2-11(13-4-3-7-19-13)17-12-8-9(14(16)18)5-6-10(12)15/h3-8,11,17H,2H2,1H3,(H2,16,18). The molecule has 1 atom stereocenters. The van der Waals surface area contributed by atoms with Crippen LogP contribution in [0.3, 0.4) is 0 Å². The first-order valence-corrected chi connectivity index (χ1v) is 7.27. The molecule has 0 saturated heterocycles. The number of carbonyl (C=O) groups is 1. The quantitative estimate of drug-likeness (QED) is 0.873. The van der Waals surface area contributed by atoms with Crippen LogP contribution in [-0.2, 0) is 0 Å². The SMILES string of the molecule is CCC(Nc1cc(C(N)=O)ccc1Cl)c1cccs1. The van der Waals surface area contributed by atoms with Gasteiger partial charge in [0.25, 0.3) is 0 Å². The summed E-state index contributed by atoms with van der Waals surface area (Å²) in [6.07, 6.45) is 0.928. The minimum atomic E-state index is -0.455. The molecule has 0 fully saturated rings. The van der Waals surface area contributed by atoms with Gasteiger partial charge in [-0.3, -0.25) is 4.79 Å². The van der Waals surface area contributed by atoms with Gasteiger partial charge in [0.15, 0.2) is 0 Å². The van der Waals surface area contributed by atoms with E-state index < -0.39 is 5.91 Å². The number of amides is 1. The molecule has 1 unspecified atom stereocenters. The van der Waals surface area contributed by atoms with Gasteiger partial charge in [0.1, 0.15) is 0 Å². The first-order valence-electron chi connectivity index (χ1n) is 6.01. The summed E-state index contributed by atoms with van der Waals surface area (Å²) < 4.78 is 0. The first-order chi connectivity index (χ1) is 9.11. The molecule has 5 heteroatoms. The van der Waals surface area contributed by atoms with Crippen molar-refractivity contribution in [1.82, 2.24) is 0 Å². The van der Waals surface area contributed by atoms with E-state index in [9.17, 15) is 4.79 Å². The molecule has 19 heavy (non-hydrogen) atoms. The van der Waals surface area contributed by atoms with Crippen LogP contribution in [0.5, 0.6) is 0 Å². The Morgan fingerprint density at radius 1 is 1.47 bits per heavy atom. The number of nitrogens with two attached hydrogens (primary N) is 1. The lowest BCUT2D eigenvalue weighted by Gasteiger charge is -2.18. The van der Waals surface area contributed by atoms with Gasteiger partial charge in [0.05, 0.1) is 16.8 Å².